The minimum atomic E-state index is -0.484. The summed E-state index contributed by atoms with van der Waals surface area (Å²) < 4.78 is 1.34. The molecule has 0 saturated heterocycles. The van der Waals surface area contributed by atoms with Gasteiger partial charge >= 0.3 is 0 Å². The number of hydrogen-bond acceptors (Lipinski definition) is 4. The second-order valence-electron chi connectivity index (χ2n) is 18.6. The van der Waals surface area contributed by atoms with Gasteiger partial charge in [-0.2, -0.15) is 0 Å². The molecule has 2 spiro atoms. The van der Waals surface area contributed by atoms with E-state index in [1.165, 1.54) is 118 Å². The zero-order chi connectivity index (χ0) is 44.0. The first-order valence-electron chi connectivity index (χ1n) is 23.4. The number of benzene rings is 9. The monoisotopic (exact) mass is 907 g/mol. The Morgan fingerprint density at radius 3 is 1.30 bits per heavy atom. The van der Waals surface area contributed by atoms with Crippen molar-refractivity contribution in [1.82, 2.24) is 0 Å². The molecule has 0 radical (unpaired) electrons. The zero-order valence-corrected chi connectivity index (χ0v) is 39.1. The quantitative estimate of drug-likeness (QED) is 0.174. The van der Waals surface area contributed by atoms with Crippen molar-refractivity contribution in [2.75, 3.05) is 4.90 Å². The Morgan fingerprint density at radius 1 is 0.403 bits per heavy atom. The van der Waals surface area contributed by atoms with E-state index >= 15 is 0 Å². The van der Waals surface area contributed by atoms with E-state index in [4.69, 9.17) is 0 Å². The van der Waals surface area contributed by atoms with Crippen molar-refractivity contribution in [2.24, 2.45) is 5.92 Å². The summed E-state index contributed by atoms with van der Waals surface area (Å²) in [5, 5.41) is 1.35. The number of nitrogens with zero attached hydrogens (tertiary/aromatic N) is 1. The van der Waals surface area contributed by atoms with Crippen LogP contribution in [-0.2, 0) is 10.8 Å². The van der Waals surface area contributed by atoms with Crippen LogP contribution in [0.5, 0.6) is 0 Å². The Labute approximate surface area is 403 Å². The van der Waals surface area contributed by atoms with Gasteiger partial charge in [0, 0.05) is 46.1 Å². The van der Waals surface area contributed by atoms with Gasteiger partial charge in [-0.25, -0.2) is 0 Å². The van der Waals surface area contributed by atoms with Crippen LogP contribution in [-0.4, -0.2) is 0 Å². The predicted octanol–water partition coefficient (Wildman–Crippen LogP) is 17.1. The molecular weight excluding hydrogens is 867 g/mol. The number of hydrogen-bond donors (Lipinski definition) is 0. The van der Waals surface area contributed by atoms with Crippen LogP contribution >= 0.6 is 34.9 Å². The number of fused-ring (bicyclic) bond motifs is 21. The molecule has 0 saturated carbocycles. The number of thiophene rings is 1. The number of rotatable bonds is 3. The van der Waals surface area contributed by atoms with Crippen molar-refractivity contribution in [3.05, 3.63) is 267 Å². The van der Waals surface area contributed by atoms with Crippen molar-refractivity contribution >= 4 is 62.4 Å². The third-order valence-electron chi connectivity index (χ3n) is 15.5. The van der Waals surface area contributed by atoms with Crippen LogP contribution in [0.1, 0.15) is 67.9 Å². The van der Waals surface area contributed by atoms with Gasteiger partial charge in [-0.1, -0.05) is 188 Å². The van der Waals surface area contributed by atoms with Crippen molar-refractivity contribution in [2.45, 2.75) is 43.4 Å². The highest BCUT2D eigenvalue weighted by atomic mass is 32.2. The molecule has 1 nitrogen and oxygen atoms in total. The molecule has 3 aliphatic carbocycles. The van der Waals surface area contributed by atoms with E-state index in [1.807, 2.05) is 34.9 Å². The average Bonchev–Trinajstić information content (AvgIpc) is 4.01. The van der Waals surface area contributed by atoms with Crippen LogP contribution < -0.4 is 4.90 Å². The SMILES string of the molecule is CC1C=Cc2sc3ccccc3c2C1N(c1ccc2c(c1)C1(c3ccccc3S2)c2ccccc2-c2ccccc21)c1ccc2c(c1)C1(c3ccccc3S2)c2ccccc2-c2ccccc21. The third-order valence-corrected chi connectivity index (χ3v) is 19.0. The molecule has 3 heterocycles. The van der Waals surface area contributed by atoms with E-state index in [1.54, 1.807) is 0 Å². The van der Waals surface area contributed by atoms with Crippen LogP contribution in [0.2, 0.25) is 0 Å². The average molecular weight is 908 g/mol. The summed E-state index contributed by atoms with van der Waals surface area (Å²) in [6.07, 6.45) is 4.85. The largest absolute Gasteiger partial charge is 0.333 e. The fourth-order valence-corrected chi connectivity index (χ4v) is 16.4. The third kappa shape index (κ3) is 4.98. The highest BCUT2D eigenvalue weighted by molar-refractivity contribution is 7.99. The molecule has 1 aromatic heterocycles. The second kappa shape index (κ2) is 14.1. The van der Waals surface area contributed by atoms with Crippen molar-refractivity contribution in [3.63, 3.8) is 0 Å². The van der Waals surface area contributed by atoms with Crippen LogP contribution in [0, 0.1) is 5.92 Å². The van der Waals surface area contributed by atoms with Gasteiger partial charge in [0.05, 0.1) is 16.9 Å². The summed E-state index contributed by atoms with van der Waals surface area (Å²) in [5.41, 5.74) is 19.0. The van der Waals surface area contributed by atoms with Crippen LogP contribution in [0.25, 0.3) is 38.4 Å². The molecule has 10 aromatic rings. The minimum Gasteiger partial charge on any atom is -0.333 e. The summed E-state index contributed by atoms with van der Waals surface area (Å²) in [5.74, 6) is 0.214. The lowest BCUT2D eigenvalue weighted by molar-refractivity contribution is 0.552. The lowest BCUT2D eigenvalue weighted by Crippen LogP contribution is -2.34. The second-order valence-corrected chi connectivity index (χ2v) is 21.9. The van der Waals surface area contributed by atoms with Gasteiger partial charge < -0.3 is 4.90 Å². The van der Waals surface area contributed by atoms with Gasteiger partial charge in [0.15, 0.2) is 0 Å². The Balaban J connectivity index is 1.03. The first kappa shape index (κ1) is 38.3. The Kier molecular flexibility index (Phi) is 8.06. The smallest absolute Gasteiger partial charge is 0.0736 e. The summed E-state index contributed by atoms with van der Waals surface area (Å²) in [7, 11) is 0. The first-order chi connectivity index (χ1) is 33.1. The minimum absolute atomic E-state index is 0.0255. The van der Waals surface area contributed by atoms with Crippen molar-refractivity contribution in [1.29, 1.82) is 0 Å². The molecule has 2 aliphatic heterocycles. The lowest BCUT2D eigenvalue weighted by atomic mass is 9.67. The van der Waals surface area contributed by atoms with Gasteiger partial charge in [-0.15, -0.1) is 11.3 Å². The van der Waals surface area contributed by atoms with E-state index in [9.17, 15) is 0 Å². The lowest BCUT2D eigenvalue weighted by Gasteiger charge is -2.43. The maximum absolute atomic E-state index is 2.74. The molecule has 0 N–H and O–H groups in total. The summed E-state index contributed by atoms with van der Waals surface area (Å²) >= 11 is 5.76. The fraction of sp³-hybridized carbons (Fsp3) is 0.0794. The van der Waals surface area contributed by atoms with Gasteiger partial charge in [0.2, 0.25) is 0 Å². The maximum atomic E-state index is 2.74. The predicted molar refractivity (Wildman–Crippen MR) is 281 cm³/mol. The number of anilines is 2. The normalized spacial score (nSPS) is 17.7. The first-order valence-corrected chi connectivity index (χ1v) is 25.8. The van der Waals surface area contributed by atoms with Crippen molar-refractivity contribution < 1.29 is 0 Å². The van der Waals surface area contributed by atoms with Gasteiger partial charge in [-0.3, -0.25) is 0 Å². The molecule has 67 heavy (non-hydrogen) atoms. The van der Waals surface area contributed by atoms with Gasteiger partial charge in [0.1, 0.15) is 0 Å². The van der Waals surface area contributed by atoms with Gasteiger partial charge in [0.25, 0.3) is 0 Å². The Morgan fingerprint density at radius 2 is 0.806 bits per heavy atom. The summed E-state index contributed by atoms with van der Waals surface area (Å²) in [6, 6.07) is 79.0. The van der Waals surface area contributed by atoms with E-state index in [-0.39, 0.29) is 12.0 Å². The Hall–Kier alpha value is -6.82. The topological polar surface area (TPSA) is 3.24 Å². The molecule has 9 aromatic carbocycles. The van der Waals surface area contributed by atoms with E-state index in [0.29, 0.717) is 0 Å². The summed E-state index contributed by atoms with van der Waals surface area (Å²) in [6.45, 7) is 2.43. The maximum Gasteiger partial charge on any atom is 0.0736 e. The van der Waals surface area contributed by atoms with Gasteiger partial charge in [-0.05, 0) is 139 Å². The Bertz CT molecular complexity index is 3490. The molecule has 2 unspecified atom stereocenters. The van der Waals surface area contributed by atoms with Crippen molar-refractivity contribution in [3.8, 4) is 22.3 Å². The highest BCUT2D eigenvalue weighted by Crippen LogP contribution is 2.65. The molecule has 4 heteroatoms. The molecule has 2 atom stereocenters. The van der Waals surface area contributed by atoms with Crippen LogP contribution in [0.4, 0.5) is 11.4 Å². The van der Waals surface area contributed by atoms with E-state index in [2.05, 4.69) is 230 Å². The standard InChI is InChI=1S/C63H41NS3/c1-38-30-33-59-60(45-20-6-13-27-54(45)65-59)61(38)64(39-31-34-57-52(36-39)62(50-25-11-14-28-55(50)66-57)46-21-7-2-16-41(46)42-17-3-8-22-47(42)62)40-32-35-58-53(37-40)63(51-26-12-15-29-56(51)67-58)48-23-9-4-18-43(48)44-19-5-10-24-49(44)63/h2-38,61H,1H3. The highest BCUT2D eigenvalue weighted by Gasteiger charge is 2.52. The van der Waals surface area contributed by atoms with Crippen LogP contribution in [0.15, 0.2) is 232 Å². The molecule has 0 amide bonds. The summed E-state index contributed by atoms with van der Waals surface area (Å²) in [4.78, 5) is 9.35. The fourth-order valence-electron chi connectivity index (χ4n) is 12.9. The molecule has 316 valence electrons. The van der Waals surface area contributed by atoms with Crippen LogP contribution in [0.3, 0.4) is 0 Å². The molecule has 0 bridgehead atoms. The van der Waals surface area contributed by atoms with E-state index < -0.39 is 10.8 Å². The van der Waals surface area contributed by atoms with E-state index in [0.717, 1.165) is 0 Å². The molecule has 0 fully saturated rings. The molecular formula is C63H41NS3. The molecule has 5 aliphatic rings. The zero-order valence-electron chi connectivity index (χ0n) is 36.6. The molecule has 15 rings (SSSR count).